The molecule has 0 bridgehead atoms. The molecule has 1 aromatic heterocycles. The summed E-state index contributed by atoms with van der Waals surface area (Å²) in [5, 5.41) is 0. The second-order valence-electron chi connectivity index (χ2n) is 4.34. The van der Waals surface area contributed by atoms with Crippen LogP contribution in [0.2, 0.25) is 0 Å². The maximum Gasteiger partial charge on any atom is 0.244 e. The van der Waals surface area contributed by atoms with Gasteiger partial charge < -0.3 is 10.3 Å². The predicted octanol–water partition coefficient (Wildman–Crippen LogP) is 1.39. The van der Waals surface area contributed by atoms with Crippen LogP contribution in [0.3, 0.4) is 0 Å². The van der Waals surface area contributed by atoms with E-state index in [0.29, 0.717) is 18.0 Å². The van der Waals surface area contributed by atoms with Gasteiger partial charge in [0, 0.05) is 38.6 Å². The van der Waals surface area contributed by atoms with E-state index in [4.69, 9.17) is 5.73 Å². The van der Waals surface area contributed by atoms with E-state index >= 15 is 0 Å². The van der Waals surface area contributed by atoms with Gasteiger partial charge in [-0.1, -0.05) is 13.3 Å². The monoisotopic (exact) mass is 273 g/mol. The smallest absolute Gasteiger partial charge is 0.244 e. The number of nitrogens with zero attached hydrogens (tertiary/aromatic N) is 2. The van der Waals surface area contributed by atoms with Crippen LogP contribution in [0, 0.1) is 0 Å². The van der Waals surface area contributed by atoms with Gasteiger partial charge in [0.15, 0.2) is 0 Å². The zero-order chi connectivity index (χ0) is 13.8. The first kappa shape index (κ1) is 15.2. The fourth-order valence-corrected chi connectivity index (χ4v) is 3.09. The van der Waals surface area contributed by atoms with Crippen LogP contribution in [0.5, 0.6) is 0 Å². The Kier molecular flexibility index (Phi) is 5.37. The highest BCUT2D eigenvalue weighted by Gasteiger charge is 2.22. The van der Waals surface area contributed by atoms with E-state index in [1.807, 2.05) is 18.4 Å². The molecule has 0 aliphatic rings. The molecule has 0 saturated heterocycles. The standard InChI is InChI=1S/C12H23N3O2S/c1-4-6-7-14(3)18(16,17)12-8-11(9-13)15(5-2)10-12/h8,10H,4-7,9,13H2,1-3H3. The Labute approximate surface area is 110 Å². The van der Waals surface area contributed by atoms with Crippen LogP contribution in [-0.4, -0.2) is 30.9 Å². The molecule has 18 heavy (non-hydrogen) atoms. The largest absolute Gasteiger partial charge is 0.349 e. The topological polar surface area (TPSA) is 68.3 Å². The van der Waals surface area contributed by atoms with Crippen molar-refractivity contribution >= 4 is 10.0 Å². The van der Waals surface area contributed by atoms with Crippen LogP contribution >= 0.6 is 0 Å². The highest BCUT2D eigenvalue weighted by molar-refractivity contribution is 7.89. The van der Waals surface area contributed by atoms with Gasteiger partial charge in [-0.15, -0.1) is 0 Å². The summed E-state index contributed by atoms with van der Waals surface area (Å²) in [5.41, 5.74) is 6.46. The Hall–Kier alpha value is -0.850. The number of hydrogen-bond acceptors (Lipinski definition) is 3. The lowest BCUT2D eigenvalue weighted by Gasteiger charge is -2.15. The van der Waals surface area contributed by atoms with Crippen LogP contribution in [-0.2, 0) is 23.1 Å². The summed E-state index contributed by atoms with van der Waals surface area (Å²) in [7, 11) is -1.75. The van der Waals surface area contributed by atoms with Crippen molar-refractivity contribution in [2.75, 3.05) is 13.6 Å². The summed E-state index contributed by atoms with van der Waals surface area (Å²) < 4.78 is 27.9. The molecule has 1 aromatic rings. The van der Waals surface area contributed by atoms with Crippen molar-refractivity contribution < 1.29 is 8.42 Å². The van der Waals surface area contributed by atoms with Gasteiger partial charge in [-0.3, -0.25) is 0 Å². The zero-order valence-electron chi connectivity index (χ0n) is 11.4. The molecule has 1 heterocycles. The van der Waals surface area contributed by atoms with Gasteiger partial charge >= 0.3 is 0 Å². The van der Waals surface area contributed by atoms with Crippen LogP contribution in [0.4, 0.5) is 0 Å². The maximum absolute atomic E-state index is 12.3. The minimum atomic E-state index is -3.38. The summed E-state index contributed by atoms with van der Waals surface area (Å²) in [6.07, 6.45) is 3.51. The molecule has 5 nitrogen and oxygen atoms in total. The van der Waals surface area contributed by atoms with Crippen molar-refractivity contribution in [1.29, 1.82) is 0 Å². The van der Waals surface area contributed by atoms with Crippen molar-refractivity contribution in [3.8, 4) is 0 Å². The number of rotatable bonds is 7. The summed E-state index contributed by atoms with van der Waals surface area (Å²) in [4.78, 5) is 0.336. The highest BCUT2D eigenvalue weighted by Crippen LogP contribution is 2.18. The molecule has 0 aliphatic carbocycles. The molecule has 0 saturated carbocycles. The molecule has 0 atom stereocenters. The third kappa shape index (κ3) is 3.13. The number of unbranched alkanes of at least 4 members (excludes halogenated alkanes) is 1. The van der Waals surface area contributed by atoms with Crippen LogP contribution in [0.25, 0.3) is 0 Å². The fourth-order valence-electron chi connectivity index (χ4n) is 1.81. The molecule has 0 spiro atoms. The van der Waals surface area contributed by atoms with Crippen molar-refractivity contribution in [2.24, 2.45) is 5.73 Å². The zero-order valence-corrected chi connectivity index (χ0v) is 12.2. The first-order valence-electron chi connectivity index (χ1n) is 6.32. The van der Waals surface area contributed by atoms with Gasteiger partial charge in [0.1, 0.15) is 4.90 Å². The third-order valence-corrected chi connectivity index (χ3v) is 4.87. The van der Waals surface area contributed by atoms with Crippen molar-refractivity contribution in [1.82, 2.24) is 8.87 Å². The minimum absolute atomic E-state index is 0.336. The molecular weight excluding hydrogens is 250 g/mol. The molecule has 6 heteroatoms. The predicted molar refractivity (Wildman–Crippen MR) is 72.7 cm³/mol. The van der Waals surface area contributed by atoms with Crippen molar-refractivity contribution in [3.05, 3.63) is 18.0 Å². The van der Waals surface area contributed by atoms with Crippen LogP contribution < -0.4 is 5.73 Å². The van der Waals surface area contributed by atoms with Crippen molar-refractivity contribution in [3.63, 3.8) is 0 Å². The van der Waals surface area contributed by atoms with Gasteiger partial charge in [0.05, 0.1) is 0 Å². The Morgan fingerprint density at radius 3 is 2.50 bits per heavy atom. The molecule has 2 N–H and O–H groups in total. The van der Waals surface area contributed by atoms with Gasteiger partial charge in [-0.2, -0.15) is 0 Å². The molecular formula is C12H23N3O2S. The number of sulfonamides is 1. The normalized spacial score (nSPS) is 12.3. The molecule has 0 fully saturated rings. The summed E-state index contributed by atoms with van der Waals surface area (Å²) in [6, 6.07) is 1.67. The van der Waals surface area contributed by atoms with Gasteiger partial charge in [-0.25, -0.2) is 12.7 Å². The van der Waals surface area contributed by atoms with Gasteiger partial charge in [0.2, 0.25) is 10.0 Å². The summed E-state index contributed by atoms with van der Waals surface area (Å²) >= 11 is 0. The fraction of sp³-hybridized carbons (Fsp3) is 0.667. The molecule has 1 rings (SSSR count). The van der Waals surface area contributed by atoms with E-state index in [9.17, 15) is 8.42 Å². The number of aromatic nitrogens is 1. The lowest BCUT2D eigenvalue weighted by atomic mass is 10.3. The molecule has 0 unspecified atom stereocenters. The lowest BCUT2D eigenvalue weighted by molar-refractivity contribution is 0.459. The van der Waals surface area contributed by atoms with E-state index in [-0.39, 0.29) is 0 Å². The molecule has 104 valence electrons. The average Bonchev–Trinajstić information content (AvgIpc) is 2.79. The van der Waals surface area contributed by atoms with E-state index in [2.05, 4.69) is 0 Å². The number of aryl methyl sites for hydroxylation is 1. The second-order valence-corrected chi connectivity index (χ2v) is 6.38. The number of nitrogens with two attached hydrogens (primary N) is 1. The second kappa shape index (κ2) is 6.36. The first-order valence-corrected chi connectivity index (χ1v) is 7.76. The maximum atomic E-state index is 12.3. The van der Waals surface area contributed by atoms with E-state index in [1.54, 1.807) is 19.3 Å². The Morgan fingerprint density at radius 1 is 1.39 bits per heavy atom. The molecule has 0 radical (unpaired) electrons. The summed E-state index contributed by atoms with van der Waals surface area (Å²) in [6.45, 7) is 5.63. The third-order valence-electron chi connectivity index (χ3n) is 3.05. The first-order chi connectivity index (χ1) is 8.47. The lowest BCUT2D eigenvalue weighted by Crippen LogP contribution is -2.27. The minimum Gasteiger partial charge on any atom is -0.349 e. The SMILES string of the molecule is CCCCN(C)S(=O)(=O)c1cc(CN)n(CC)c1. The van der Waals surface area contributed by atoms with Gasteiger partial charge in [-0.05, 0) is 19.4 Å². The Balaban J connectivity index is 3.01. The highest BCUT2D eigenvalue weighted by atomic mass is 32.2. The van der Waals surface area contributed by atoms with E-state index in [0.717, 1.165) is 25.1 Å². The molecule has 0 amide bonds. The average molecular weight is 273 g/mol. The Morgan fingerprint density at radius 2 is 2.06 bits per heavy atom. The van der Waals surface area contributed by atoms with Gasteiger partial charge in [0.25, 0.3) is 0 Å². The van der Waals surface area contributed by atoms with Crippen LogP contribution in [0.15, 0.2) is 17.2 Å². The molecule has 0 aromatic carbocycles. The van der Waals surface area contributed by atoms with Crippen LogP contribution in [0.1, 0.15) is 32.4 Å². The van der Waals surface area contributed by atoms with Crippen molar-refractivity contribution in [2.45, 2.75) is 44.7 Å². The number of hydrogen-bond donors (Lipinski definition) is 1. The molecule has 0 aliphatic heterocycles. The summed E-state index contributed by atoms with van der Waals surface area (Å²) in [5.74, 6) is 0. The Bertz CT molecular complexity index is 458. The van der Waals surface area contributed by atoms with E-state index in [1.165, 1.54) is 4.31 Å². The quantitative estimate of drug-likeness (QED) is 0.816. The van der Waals surface area contributed by atoms with E-state index < -0.39 is 10.0 Å².